The third kappa shape index (κ3) is 3.93. The summed E-state index contributed by atoms with van der Waals surface area (Å²) in [5, 5.41) is 0. The molecule has 126 valence electrons. The van der Waals surface area contributed by atoms with E-state index in [-0.39, 0.29) is 11.9 Å². The lowest BCUT2D eigenvalue weighted by atomic mass is 9.99. The molecule has 1 aromatic carbocycles. The second-order valence-electron chi connectivity index (χ2n) is 7.13. The largest absolute Gasteiger partial charge is 0.311 e. The molecule has 0 radical (unpaired) electrons. The van der Waals surface area contributed by atoms with Gasteiger partial charge in [-0.3, -0.25) is 9.69 Å². The maximum absolute atomic E-state index is 12.7. The maximum atomic E-state index is 12.7. The first-order valence-corrected chi connectivity index (χ1v) is 8.94. The summed E-state index contributed by atoms with van der Waals surface area (Å²) in [7, 11) is 2.10. The Morgan fingerprint density at radius 1 is 1.09 bits per heavy atom. The second kappa shape index (κ2) is 7.45. The van der Waals surface area contributed by atoms with Crippen LogP contribution in [0.3, 0.4) is 0 Å². The lowest BCUT2D eigenvalue weighted by Gasteiger charge is -2.32. The minimum atomic E-state index is 0.0407. The molecule has 1 amide bonds. The lowest BCUT2D eigenvalue weighted by molar-refractivity contribution is -0.121. The summed E-state index contributed by atoms with van der Waals surface area (Å²) in [6.45, 7) is 7.66. The third-order valence-corrected chi connectivity index (χ3v) is 5.42. The van der Waals surface area contributed by atoms with Gasteiger partial charge in [0.2, 0.25) is 5.91 Å². The SMILES string of the molecule is CC1CCN(CCN(C)[C@@H]2CCN(c3ccccc3)C2=O)CC1. The fourth-order valence-corrected chi connectivity index (χ4v) is 3.68. The van der Waals surface area contributed by atoms with E-state index in [2.05, 4.69) is 23.8 Å². The van der Waals surface area contributed by atoms with Crippen LogP contribution in [0.5, 0.6) is 0 Å². The number of amides is 1. The van der Waals surface area contributed by atoms with E-state index < -0.39 is 0 Å². The molecule has 3 rings (SSSR count). The van der Waals surface area contributed by atoms with E-state index in [0.717, 1.165) is 37.7 Å². The molecular weight excluding hydrogens is 286 g/mol. The predicted octanol–water partition coefficient (Wildman–Crippen LogP) is 2.46. The Labute approximate surface area is 140 Å². The summed E-state index contributed by atoms with van der Waals surface area (Å²) in [5.41, 5.74) is 1.03. The zero-order valence-electron chi connectivity index (χ0n) is 14.4. The fraction of sp³-hybridized carbons (Fsp3) is 0.632. The number of anilines is 1. The molecule has 0 aliphatic carbocycles. The van der Waals surface area contributed by atoms with Crippen LogP contribution in [0.15, 0.2) is 30.3 Å². The molecule has 4 nitrogen and oxygen atoms in total. The molecule has 4 heteroatoms. The molecule has 2 aliphatic rings. The van der Waals surface area contributed by atoms with Gasteiger partial charge in [-0.2, -0.15) is 0 Å². The van der Waals surface area contributed by atoms with Crippen LogP contribution in [0.4, 0.5) is 5.69 Å². The molecule has 0 unspecified atom stereocenters. The average molecular weight is 315 g/mol. The fourth-order valence-electron chi connectivity index (χ4n) is 3.68. The van der Waals surface area contributed by atoms with Gasteiger partial charge in [0.15, 0.2) is 0 Å². The zero-order valence-corrected chi connectivity index (χ0v) is 14.4. The smallest absolute Gasteiger partial charge is 0.244 e. The van der Waals surface area contributed by atoms with Crippen LogP contribution in [0.1, 0.15) is 26.2 Å². The van der Waals surface area contributed by atoms with Gasteiger partial charge in [0.05, 0.1) is 6.04 Å². The number of carbonyl (C=O) groups excluding carboxylic acids is 1. The number of hydrogen-bond acceptors (Lipinski definition) is 3. The molecule has 1 atom stereocenters. The number of likely N-dealkylation sites (N-methyl/N-ethyl adjacent to an activating group) is 1. The number of piperidine rings is 1. The predicted molar refractivity (Wildman–Crippen MR) is 94.7 cm³/mol. The van der Waals surface area contributed by atoms with Gasteiger partial charge in [0.25, 0.3) is 0 Å². The van der Waals surface area contributed by atoms with Crippen LogP contribution in [-0.2, 0) is 4.79 Å². The first-order valence-electron chi connectivity index (χ1n) is 8.94. The number of rotatable bonds is 5. The molecule has 0 bridgehead atoms. The van der Waals surface area contributed by atoms with Crippen LogP contribution in [0.25, 0.3) is 0 Å². The van der Waals surface area contributed by atoms with Gasteiger partial charge in [-0.15, -0.1) is 0 Å². The highest BCUT2D eigenvalue weighted by Gasteiger charge is 2.35. The molecule has 2 saturated heterocycles. The number of benzene rings is 1. The van der Waals surface area contributed by atoms with Gasteiger partial charge < -0.3 is 9.80 Å². The van der Waals surface area contributed by atoms with Crippen LogP contribution in [0.2, 0.25) is 0 Å². The molecule has 2 heterocycles. The molecule has 0 N–H and O–H groups in total. The van der Waals surface area contributed by atoms with E-state index in [1.165, 1.54) is 25.9 Å². The van der Waals surface area contributed by atoms with E-state index >= 15 is 0 Å². The Hall–Kier alpha value is -1.39. The Bertz CT molecular complexity index is 511. The van der Waals surface area contributed by atoms with Crippen molar-refractivity contribution in [3.8, 4) is 0 Å². The third-order valence-electron chi connectivity index (χ3n) is 5.42. The average Bonchev–Trinajstić information content (AvgIpc) is 2.96. The summed E-state index contributed by atoms with van der Waals surface area (Å²) in [6.07, 6.45) is 3.56. The van der Waals surface area contributed by atoms with Crippen LogP contribution in [-0.4, -0.2) is 61.5 Å². The first-order chi connectivity index (χ1) is 11.1. The molecule has 1 aromatic rings. The standard InChI is InChI=1S/C19H29N3O/c1-16-8-11-21(12-9-16)15-14-20(2)18-10-13-22(19(18)23)17-6-4-3-5-7-17/h3-7,16,18H,8-15H2,1-2H3/t18-/m1/s1. The van der Waals surface area contributed by atoms with Crippen molar-refractivity contribution in [3.63, 3.8) is 0 Å². The summed E-state index contributed by atoms with van der Waals surface area (Å²) in [5.74, 6) is 1.13. The highest BCUT2D eigenvalue weighted by Crippen LogP contribution is 2.23. The van der Waals surface area contributed by atoms with Crippen molar-refractivity contribution in [1.29, 1.82) is 0 Å². The normalized spacial score (nSPS) is 23.9. The number of carbonyl (C=O) groups is 1. The minimum Gasteiger partial charge on any atom is -0.311 e. The van der Waals surface area contributed by atoms with E-state index in [4.69, 9.17) is 0 Å². The number of hydrogen-bond donors (Lipinski definition) is 0. The number of nitrogens with zero attached hydrogens (tertiary/aromatic N) is 3. The highest BCUT2D eigenvalue weighted by atomic mass is 16.2. The lowest BCUT2D eigenvalue weighted by Crippen LogP contribution is -2.44. The van der Waals surface area contributed by atoms with Crippen LogP contribution in [0, 0.1) is 5.92 Å². The Morgan fingerprint density at radius 3 is 2.48 bits per heavy atom. The van der Waals surface area contributed by atoms with E-state index in [9.17, 15) is 4.79 Å². The van der Waals surface area contributed by atoms with Crippen molar-refractivity contribution in [2.24, 2.45) is 5.92 Å². The summed E-state index contributed by atoms with van der Waals surface area (Å²) in [6, 6.07) is 10.1. The molecule has 23 heavy (non-hydrogen) atoms. The minimum absolute atomic E-state index is 0.0407. The van der Waals surface area contributed by atoms with Crippen molar-refractivity contribution in [2.75, 3.05) is 44.7 Å². The van der Waals surface area contributed by atoms with Gasteiger partial charge in [-0.25, -0.2) is 0 Å². The highest BCUT2D eigenvalue weighted by molar-refractivity contribution is 5.99. The van der Waals surface area contributed by atoms with Crippen molar-refractivity contribution in [1.82, 2.24) is 9.80 Å². The van der Waals surface area contributed by atoms with Gasteiger partial charge in [-0.1, -0.05) is 25.1 Å². The van der Waals surface area contributed by atoms with Crippen molar-refractivity contribution in [2.45, 2.75) is 32.2 Å². The zero-order chi connectivity index (χ0) is 16.2. The second-order valence-corrected chi connectivity index (χ2v) is 7.13. The van der Waals surface area contributed by atoms with E-state index in [1.807, 2.05) is 35.2 Å². The Morgan fingerprint density at radius 2 is 1.78 bits per heavy atom. The molecular formula is C19H29N3O. The topological polar surface area (TPSA) is 26.8 Å². The van der Waals surface area contributed by atoms with Gasteiger partial charge in [0, 0.05) is 25.3 Å². The summed E-state index contributed by atoms with van der Waals surface area (Å²) in [4.78, 5) is 19.4. The molecule has 0 aromatic heterocycles. The number of para-hydroxylation sites is 1. The summed E-state index contributed by atoms with van der Waals surface area (Å²) < 4.78 is 0. The summed E-state index contributed by atoms with van der Waals surface area (Å²) >= 11 is 0. The van der Waals surface area contributed by atoms with Gasteiger partial charge >= 0.3 is 0 Å². The molecule has 0 spiro atoms. The van der Waals surface area contributed by atoms with E-state index in [1.54, 1.807) is 0 Å². The van der Waals surface area contributed by atoms with E-state index in [0.29, 0.717) is 0 Å². The Balaban J connectivity index is 1.50. The maximum Gasteiger partial charge on any atom is 0.244 e. The van der Waals surface area contributed by atoms with Gasteiger partial charge in [0.1, 0.15) is 0 Å². The quantitative estimate of drug-likeness (QED) is 0.835. The Kier molecular flexibility index (Phi) is 5.34. The van der Waals surface area contributed by atoms with Crippen molar-refractivity contribution < 1.29 is 4.79 Å². The molecule has 2 aliphatic heterocycles. The van der Waals surface area contributed by atoms with Crippen molar-refractivity contribution in [3.05, 3.63) is 30.3 Å². The van der Waals surface area contributed by atoms with Gasteiger partial charge in [-0.05, 0) is 57.5 Å². The molecule has 0 saturated carbocycles. The molecule has 2 fully saturated rings. The van der Waals surface area contributed by atoms with Crippen LogP contribution >= 0.6 is 0 Å². The monoisotopic (exact) mass is 315 g/mol. The number of likely N-dealkylation sites (tertiary alicyclic amines) is 1. The van der Waals surface area contributed by atoms with Crippen molar-refractivity contribution >= 4 is 11.6 Å². The van der Waals surface area contributed by atoms with Crippen LogP contribution < -0.4 is 4.90 Å². The first kappa shape index (κ1) is 16.5.